The van der Waals surface area contributed by atoms with Crippen LogP contribution >= 0.6 is 0 Å². The van der Waals surface area contributed by atoms with E-state index in [1.54, 1.807) is 12.3 Å². The predicted molar refractivity (Wildman–Crippen MR) is 95.0 cm³/mol. The highest BCUT2D eigenvalue weighted by molar-refractivity contribution is 6.03. The van der Waals surface area contributed by atoms with Crippen molar-refractivity contribution in [2.24, 2.45) is 0 Å². The fourth-order valence-electron chi connectivity index (χ4n) is 2.81. The number of aryl methyl sites for hydroxylation is 1. The number of aromatic amines is 2. The van der Waals surface area contributed by atoms with E-state index in [2.05, 4.69) is 45.6 Å². The first kappa shape index (κ1) is 14.3. The van der Waals surface area contributed by atoms with Crippen molar-refractivity contribution in [3.63, 3.8) is 0 Å². The number of rotatable bonds is 3. The van der Waals surface area contributed by atoms with Crippen molar-refractivity contribution in [2.75, 3.05) is 5.32 Å². The third-order valence-corrected chi connectivity index (χ3v) is 4.06. The fourth-order valence-corrected chi connectivity index (χ4v) is 2.81. The zero-order valence-corrected chi connectivity index (χ0v) is 13.1. The lowest BCUT2D eigenvalue weighted by Crippen LogP contribution is -2.12. The smallest absolute Gasteiger partial charge is 0.273 e. The zero-order valence-electron chi connectivity index (χ0n) is 13.1. The molecule has 2 heterocycles. The number of carbonyl (C=O) groups excluding carboxylic acids is 1. The van der Waals surface area contributed by atoms with E-state index in [0.29, 0.717) is 5.69 Å². The van der Waals surface area contributed by atoms with Gasteiger partial charge in [0, 0.05) is 34.0 Å². The summed E-state index contributed by atoms with van der Waals surface area (Å²) in [5.74, 6) is -0.211. The SMILES string of the molecule is Cc1ccccc1-c1cc2ccc(NC(=O)c3ccn[nH]3)cc2[nH]1. The van der Waals surface area contributed by atoms with Crippen LogP contribution in [0.25, 0.3) is 22.2 Å². The number of aromatic nitrogens is 3. The van der Waals surface area contributed by atoms with Gasteiger partial charge in [-0.1, -0.05) is 30.3 Å². The monoisotopic (exact) mass is 316 g/mol. The molecule has 0 atom stereocenters. The van der Waals surface area contributed by atoms with Crippen LogP contribution in [0, 0.1) is 6.92 Å². The highest BCUT2D eigenvalue weighted by Crippen LogP contribution is 2.28. The highest BCUT2D eigenvalue weighted by atomic mass is 16.1. The van der Waals surface area contributed by atoms with E-state index in [9.17, 15) is 4.79 Å². The number of H-pyrrole nitrogens is 2. The first-order valence-corrected chi connectivity index (χ1v) is 7.70. The van der Waals surface area contributed by atoms with Crippen molar-refractivity contribution in [3.05, 3.63) is 72.1 Å². The van der Waals surface area contributed by atoms with Crippen molar-refractivity contribution < 1.29 is 4.79 Å². The molecular formula is C19H16N4O. The molecule has 118 valence electrons. The number of fused-ring (bicyclic) bond motifs is 1. The van der Waals surface area contributed by atoms with Crippen LogP contribution in [0.4, 0.5) is 5.69 Å². The molecule has 0 bridgehead atoms. The highest BCUT2D eigenvalue weighted by Gasteiger charge is 2.09. The van der Waals surface area contributed by atoms with Crippen LogP contribution in [-0.4, -0.2) is 21.1 Å². The van der Waals surface area contributed by atoms with E-state index in [1.807, 2.05) is 30.3 Å². The third-order valence-electron chi connectivity index (χ3n) is 4.06. The molecule has 0 aliphatic carbocycles. The Kier molecular flexibility index (Phi) is 3.39. The van der Waals surface area contributed by atoms with E-state index >= 15 is 0 Å². The minimum Gasteiger partial charge on any atom is -0.354 e. The molecule has 3 N–H and O–H groups in total. The van der Waals surface area contributed by atoms with Gasteiger partial charge in [-0.25, -0.2) is 0 Å². The molecule has 5 nitrogen and oxygen atoms in total. The van der Waals surface area contributed by atoms with Crippen LogP contribution in [0.2, 0.25) is 0 Å². The molecule has 1 amide bonds. The second-order valence-corrected chi connectivity index (χ2v) is 5.72. The largest absolute Gasteiger partial charge is 0.354 e. The summed E-state index contributed by atoms with van der Waals surface area (Å²) in [4.78, 5) is 15.5. The van der Waals surface area contributed by atoms with Gasteiger partial charge in [0.25, 0.3) is 5.91 Å². The molecule has 5 heteroatoms. The Morgan fingerprint density at radius 3 is 2.75 bits per heavy atom. The van der Waals surface area contributed by atoms with Crippen molar-refractivity contribution in [2.45, 2.75) is 6.92 Å². The summed E-state index contributed by atoms with van der Waals surface area (Å²) in [5, 5.41) is 10.4. The normalized spacial score (nSPS) is 10.9. The molecule has 0 saturated heterocycles. The molecule has 4 rings (SSSR count). The third kappa shape index (κ3) is 2.56. The lowest BCUT2D eigenvalue weighted by atomic mass is 10.1. The number of hydrogen-bond acceptors (Lipinski definition) is 2. The van der Waals surface area contributed by atoms with Crippen molar-refractivity contribution in [1.29, 1.82) is 0 Å². The molecule has 2 aromatic heterocycles. The van der Waals surface area contributed by atoms with Crippen molar-refractivity contribution >= 4 is 22.5 Å². The summed E-state index contributed by atoms with van der Waals surface area (Å²) in [6, 6.07) is 17.8. The van der Waals surface area contributed by atoms with Gasteiger partial charge in [-0.05, 0) is 36.8 Å². The number of amides is 1. The molecule has 4 aromatic rings. The summed E-state index contributed by atoms with van der Waals surface area (Å²) in [7, 11) is 0. The molecule has 0 unspecified atom stereocenters. The molecular weight excluding hydrogens is 300 g/mol. The molecule has 0 saturated carbocycles. The first-order chi connectivity index (χ1) is 11.7. The molecule has 0 spiro atoms. The number of nitrogens with one attached hydrogen (secondary N) is 3. The lowest BCUT2D eigenvalue weighted by molar-refractivity contribution is 0.102. The minimum absolute atomic E-state index is 0.211. The summed E-state index contributed by atoms with van der Waals surface area (Å²) in [6.07, 6.45) is 1.55. The maximum atomic E-state index is 12.1. The van der Waals surface area contributed by atoms with Gasteiger partial charge in [-0.2, -0.15) is 5.10 Å². The van der Waals surface area contributed by atoms with E-state index in [-0.39, 0.29) is 5.91 Å². The second kappa shape index (κ2) is 5.70. The van der Waals surface area contributed by atoms with E-state index < -0.39 is 0 Å². The van der Waals surface area contributed by atoms with Gasteiger partial charge in [0.15, 0.2) is 0 Å². The summed E-state index contributed by atoms with van der Waals surface area (Å²) in [6.45, 7) is 2.09. The Balaban J connectivity index is 1.66. The van der Waals surface area contributed by atoms with E-state index in [4.69, 9.17) is 0 Å². The van der Waals surface area contributed by atoms with Crippen LogP contribution in [-0.2, 0) is 0 Å². The van der Waals surface area contributed by atoms with Gasteiger partial charge < -0.3 is 10.3 Å². The molecule has 0 radical (unpaired) electrons. The Morgan fingerprint density at radius 1 is 1.08 bits per heavy atom. The standard InChI is InChI=1S/C19H16N4O/c1-12-4-2-3-5-15(12)18-10-13-6-7-14(11-17(13)22-18)21-19(24)16-8-9-20-23-16/h2-11,22H,1H3,(H,20,23)(H,21,24). The maximum absolute atomic E-state index is 12.1. The molecule has 0 fully saturated rings. The lowest BCUT2D eigenvalue weighted by Gasteiger charge is -2.03. The summed E-state index contributed by atoms with van der Waals surface area (Å²) in [5.41, 5.74) is 5.62. The van der Waals surface area contributed by atoms with Gasteiger partial charge in [0.05, 0.1) is 0 Å². The quantitative estimate of drug-likeness (QED) is 0.532. The van der Waals surface area contributed by atoms with Gasteiger partial charge in [0.1, 0.15) is 5.69 Å². The van der Waals surface area contributed by atoms with Crippen LogP contribution < -0.4 is 5.32 Å². The summed E-state index contributed by atoms with van der Waals surface area (Å²) < 4.78 is 0. The Bertz CT molecular complexity index is 1010. The van der Waals surface area contributed by atoms with Gasteiger partial charge in [-0.3, -0.25) is 9.89 Å². The van der Waals surface area contributed by atoms with Crippen LogP contribution in [0.5, 0.6) is 0 Å². The fraction of sp³-hybridized carbons (Fsp3) is 0.0526. The maximum Gasteiger partial charge on any atom is 0.273 e. The molecule has 24 heavy (non-hydrogen) atoms. The van der Waals surface area contributed by atoms with E-state index in [1.165, 1.54) is 11.1 Å². The molecule has 2 aromatic carbocycles. The minimum atomic E-state index is -0.211. The topological polar surface area (TPSA) is 73.6 Å². The molecule has 0 aliphatic heterocycles. The Hall–Kier alpha value is -3.34. The van der Waals surface area contributed by atoms with Crippen LogP contribution in [0.3, 0.4) is 0 Å². The Morgan fingerprint density at radius 2 is 1.96 bits per heavy atom. The van der Waals surface area contributed by atoms with Crippen LogP contribution in [0.1, 0.15) is 16.1 Å². The van der Waals surface area contributed by atoms with Gasteiger partial charge in [-0.15, -0.1) is 0 Å². The average molecular weight is 316 g/mol. The Labute approximate surface area is 138 Å². The predicted octanol–water partition coefficient (Wildman–Crippen LogP) is 4.12. The second-order valence-electron chi connectivity index (χ2n) is 5.72. The number of carbonyl (C=O) groups is 1. The summed E-state index contributed by atoms with van der Waals surface area (Å²) >= 11 is 0. The molecule has 0 aliphatic rings. The first-order valence-electron chi connectivity index (χ1n) is 7.70. The zero-order chi connectivity index (χ0) is 16.5. The number of benzene rings is 2. The van der Waals surface area contributed by atoms with E-state index in [0.717, 1.165) is 22.3 Å². The van der Waals surface area contributed by atoms with Crippen molar-refractivity contribution in [3.8, 4) is 11.3 Å². The van der Waals surface area contributed by atoms with Crippen molar-refractivity contribution in [1.82, 2.24) is 15.2 Å². The van der Waals surface area contributed by atoms with Gasteiger partial charge in [0.2, 0.25) is 0 Å². The number of hydrogen-bond donors (Lipinski definition) is 3. The van der Waals surface area contributed by atoms with Crippen LogP contribution in [0.15, 0.2) is 60.8 Å². The van der Waals surface area contributed by atoms with Gasteiger partial charge >= 0.3 is 0 Å². The average Bonchev–Trinajstić information content (AvgIpc) is 3.24. The number of anilines is 1. The number of nitrogens with zero attached hydrogens (tertiary/aromatic N) is 1.